The van der Waals surface area contributed by atoms with Crippen LogP contribution in [0.5, 0.6) is 0 Å². The SMILES string of the molecule is C[Si](C)(C)NC(CN([Si](C)(C)C)[Si](C)(C)C)P(=O)(O[Si](C)(C)C)O[Si](C)(C)C. The first-order chi connectivity index (χ1) is 11.9. The van der Waals surface area contributed by atoms with Crippen molar-refractivity contribution < 1.29 is 13.0 Å². The van der Waals surface area contributed by atoms with Crippen molar-refractivity contribution in [2.75, 3.05) is 6.54 Å². The number of hydrogen-bond acceptors (Lipinski definition) is 5. The van der Waals surface area contributed by atoms with E-state index in [0.29, 0.717) is 0 Å². The quantitative estimate of drug-likeness (QED) is 0.256. The first-order valence-electron chi connectivity index (χ1n) is 10.4. The van der Waals surface area contributed by atoms with Gasteiger partial charge in [0.05, 0.1) is 0 Å². The lowest BCUT2D eigenvalue weighted by atomic mass is 10.7. The number of nitrogens with one attached hydrogen (secondary N) is 1. The Morgan fingerprint density at radius 1 is 0.714 bits per heavy atom. The van der Waals surface area contributed by atoms with Crippen LogP contribution in [0.15, 0.2) is 0 Å². The van der Waals surface area contributed by atoms with Crippen LogP contribution in [0.3, 0.4) is 0 Å². The monoisotopic (exact) mass is 500 g/mol. The van der Waals surface area contributed by atoms with Crippen molar-refractivity contribution in [1.82, 2.24) is 9.21 Å². The van der Waals surface area contributed by atoms with Crippen LogP contribution in [0.4, 0.5) is 0 Å². The minimum Gasteiger partial charge on any atom is -0.350 e. The predicted molar refractivity (Wildman–Crippen MR) is 140 cm³/mol. The lowest BCUT2D eigenvalue weighted by Crippen LogP contribution is -2.64. The zero-order valence-electron chi connectivity index (χ0n) is 21.4. The summed E-state index contributed by atoms with van der Waals surface area (Å²) in [5.74, 6) is -0.268. The van der Waals surface area contributed by atoms with Crippen molar-refractivity contribution in [3.63, 3.8) is 0 Å². The highest BCUT2D eigenvalue weighted by Crippen LogP contribution is 2.57. The Morgan fingerprint density at radius 2 is 1.04 bits per heavy atom. The van der Waals surface area contributed by atoms with Crippen molar-refractivity contribution in [2.24, 2.45) is 0 Å². The van der Waals surface area contributed by atoms with E-state index in [1.807, 2.05) is 0 Å². The van der Waals surface area contributed by atoms with Gasteiger partial charge >= 0.3 is 7.60 Å². The molecule has 0 aliphatic rings. The minimum absolute atomic E-state index is 0.268. The van der Waals surface area contributed by atoms with Gasteiger partial charge in [0.25, 0.3) is 0 Å². The molecule has 0 spiro atoms. The Morgan fingerprint density at radius 3 is 1.25 bits per heavy atom. The molecule has 0 saturated heterocycles. The van der Waals surface area contributed by atoms with E-state index in [1.54, 1.807) is 0 Å². The fraction of sp³-hybridized carbons (Fsp3) is 1.00. The van der Waals surface area contributed by atoms with E-state index in [9.17, 15) is 4.57 Å². The standard InChI is InChI=1S/C17H49N2O3PSi5/c1-24(2,3)18-17(16-19(25(4,5)6)26(7,8)9)23(20,21-27(10,11)12)22-28(13,14)15/h17-18H,16H2,1-15H3. The Kier molecular flexibility index (Phi) is 9.72. The Balaban J connectivity index is 6.35. The van der Waals surface area contributed by atoms with Crippen LogP contribution < -0.4 is 4.98 Å². The Hall–Kier alpha value is 1.15. The first-order valence-corrected chi connectivity index (χ1v) is 29.2. The van der Waals surface area contributed by atoms with Gasteiger partial charge in [-0.2, -0.15) is 0 Å². The molecule has 0 aromatic heterocycles. The Labute approximate surface area is 181 Å². The van der Waals surface area contributed by atoms with E-state index in [4.69, 9.17) is 8.43 Å². The van der Waals surface area contributed by atoms with Gasteiger partial charge in [-0.1, -0.05) is 58.9 Å². The normalized spacial score (nSPS) is 16.6. The topological polar surface area (TPSA) is 50.8 Å². The van der Waals surface area contributed by atoms with Gasteiger partial charge in [0.2, 0.25) is 0 Å². The predicted octanol–water partition coefficient (Wildman–Crippen LogP) is 6.60. The fourth-order valence-corrected chi connectivity index (χ4v) is 24.0. The van der Waals surface area contributed by atoms with E-state index in [0.717, 1.165) is 6.54 Å². The molecular weight excluding hydrogens is 452 g/mol. The molecule has 28 heavy (non-hydrogen) atoms. The molecule has 0 radical (unpaired) electrons. The fourth-order valence-electron chi connectivity index (χ4n) is 3.36. The van der Waals surface area contributed by atoms with Crippen molar-refractivity contribution in [3.05, 3.63) is 0 Å². The lowest BCUT2D eigenvalue weighted by Gasteiger charge is -2.48. The molecule has 0 aromatic carbocycles. The first kappa shape index (κ1) is 29.2. The molecule has 0 bridgehead atoms. The molecule has 0 fully saturated rings. The molecule has 0 heterocycles. The van der Waals surface area contributed by atoms with Crippen LogP contribution in [-0.4, -0.2) is 57.9 Å². The van der Waals surface area contributed by atoms with Crippen LogP contribution in [-0.2, 0) is 13.0 Å². The summed E-state index contributed by atoms with van der Waals surface area (Å²) in [6.45, 7) is 34.5. The maximum Gasteiger partial charge on any atom is 0.328 e. The summed E-state index contributed by atoms with van der Waals surface area (Å²) in [5, 5.41) is 0. The molecule has 0 aliphatic carbocycles. The summed E-state index contributed by atoms with van der Waals surface area (Å²) in [5.41, 5.74) is 0. The van der Waals surface area contributed by atoms with Crippen molar-refractivity contribution in [3.8, 4) is 0 Å². The maximum absolute atomic E-state index is 14.4. The van der Waals surface area contributed by atoms with Crippen LogP contribution in [0, 0.1) is 0 Å². The summed E-state index contributed by atoms with van der Waals surface area (Å²) < 4.78 is 29.9. The van der Waals surface area contributed by atoms with E-state index >= 15 is 0 Å². The lowest BCUT2D eigenvalue weighted by molar-refractivity contribution is 0.356. The highest BCUT2D eigenvalue weighted by Gasteiger charge is 2.47. The molecule has 0 rings (SSSR count). The molecule has 11 heteroatoms. The van der Waals surface area contributed by atoms with Crippen molar-refractivity contribution in [1.29, 1.82) is 0 Å². The summed E-state index contributed by atoms with van der Waals surface area (Å²) >= 11 is 0. The average Bonchev–Trinajstić information content (AvgIpc) is 2.24. The van der Waals surface area contributed by atoms with Gasteiger partial charge in [-0.15, -0.1) is 0 Å². The molecule has 1 atom stereocenters. The van der Waals surface area contributed by atoms with E-state index in [2.05, 4.69) is 107 Å². The molecule has 0 aliphatic heterocycles. The van der Waals surface area contributed by atoms with Gasteiger partial charge < -0.3 is 17.6 Å². The zero-order valence-corrected chi connectivity index (χ0v) is 27.3. The van der Waals surface area contributed by atoms with Crippen molar-refractivity contribution in [2.45, 2.75) is 104 Å². The van der Waals surface area contributed by atoms with Crippen molar-refractivity contribution >= 4 is 48.9 Å². The van der Waals surface area contributed by atoms with Gasteiger partial charge in [-0.05, 0) is 39.3 Å². The summed E-state index contributed by atoms with van der Waals surface area (Å²) in [6.07, 6.45) is 0. The molecule has 170 valence electrons. The molecule has 1 unspecified atom stereocenters. The highest BCUT2D eigenvalue weighted by molar-refractivity contribution is 7.58. The second kappa shape index (κ2) is 9.34. The summed E-state index contributed by atoms with van der Waals surface area (Å²) in [7, 11) is -12.3. The zero-order chi connectivity index (χ0) is 23.0. The third-order valence-electron chi connectivity index (χ3n) is 3.76. The minimum atomic E-state index is -3.31. The van der Waals surface area contributed by atoms with Gasteiger partial charge in [-0.3, -0.25) is 4.57 Å². The van der Waals surface area contributed by atoms with Gasteiger partial charge in [0.15, 0.2) is 16.6 Å². The third-order valence-corrected chi connectivity index (χ3v) is 20.3. The largest absolute Gasteiger partial charge is 0.350 e. The van der Waals surface area contributed by atoms with E-state index in [1.165, 1.54) is 0 Å². The van der Waals surface area contributed by atoms with Gasteiger partial charge in [-0.25, -0.2) is 0 Å². The van der Waals surface area contributed by atoms with E-state index in [-0.39, 0.29) is 5.78 Å². The van der Waals surface area contributed by atoms with Crippen LogP contribution in [0.25, 0.3) is 0 Å². The molecule has 0 amide bonds. The average molecular weight is 501 g/mol. The van der Waals surface area contributed by atoms with Gasteiger partial charge in [0.1, 0.15) is 30.5 Å². The highest BCUT2D eigenvalue weighted by atomic mass is 31.2. The van der Waals surface area contributed by atoms with Crippen LogP contribution >= 0.6 is 7.60 Å². The molecular formula is C17H49N2O3PSi5. The second-order valence-corrected chi connectivity index (χ2v) is 39.4. The van der Waals surface area contributed by atoms with Crippen LogP contribution in [0.2, 0.25) is 98.2 Å². The third kappa shape index (κ3) is 11.5. The molecule has 0 aromatic rings. The number of rotatable bonds is 11. The summed E-state index contributed by atoms with van der Waals surface area (Å²) in [6, 6.07) is 0. The Bertz CT molecular complexity index is 524. The van der Waals surface area contributed by atoms with Gasteiger partial charge in [0, 0.05) is 6.54 Å². The molecule has 0 saturated carbocycles. The van der Waals surface area contributed by atoms with Crippen LogP contribution in [0.1, 0.15) is 0 Å². The molecule has 1 N–H and O–H groups in total. The number of nitrogens with zero attached hydrogens (tertiary/aromatic N) is 1. The summed E-state index contributed by atoms with van der Waals surface area (Å²) in [4.78, 5) is 3.79. The smallest absolute Gasteiger partial charge is 0.328 e. The second-order valence-electron chi connectivity index (χ2n) is 12.8. The maximum atomic E-state index is 14.4. The molecule has 5 nitrogen and oxygen atoms in total. The number of hydrogen-bond donors (Lipinski definition) is 1. The van der Waals surface area contributed by atoms with E-state index < -0.39 is 48.9 Å².